The summed E-state index contributed by atoms with van der Waals surface area (Å²) in [6.07, 6.45) is 3.83. The molecule has 0 saturated heterocycles. The zero-order chi connectivity index (χ0) is 19.8. The van der Waals surface area contributed by atoms with E-state index in [0.717, 1.165) is 48.5 Å². The normalized spacial score (nSPS) is 10.8. The Hall–Kier alpha value is -1.42. The molecule has 2 aromatic rings. The molecule has 0 unspecified atom stereocenters. The van der Waals surface area contributed by atoms with Crippen LogP contribution < -0.4 is 5.32 Å². The Labute approximate surface area is 175 Å². The highest BCUT2D eigenvalue weighted by molar-refractivity contribution is 7.81. The fourth-order valence-electron chi connectivity index (χ4n) is 3.37. The van der Waals surface area contributed by atoms with Gasteiger partial charge in [0.05, 0.1) is 0 Å². The third-order valence-electron chi connectivity index (χ3n) is 4.94. The largest absolute Gasteiger partial charge is 0.316 e. The van der Waals surface area contributed by atoms with Crippen LogP contribution in [0.2, 0.25) is 0 Å². The Balaban J connectivity index is 1.81. The zero-order valence-corrected chi connectivity index (χ0v) is 18.7. The first-order chi connectivity index (χ1) is 13.0. The lowest BCUT2D eigenvalue weighted by atomic mass is 9.98. The molecule has 0 bridgehead atoms. The van der Waals surface area contributed by atoms with Gasteiger partial charge in [0.2, 0.25) is 0 Å². The Morgan fingerprint density at radius 2 is 1.15 bits per heavy atom. The number of hydrogen-bond acceptors (Lipinski definition) is 3. The second kappa shape index (κ2) is 10.8. The van der Waals surface area contributed by atoms with Crippen molar-refractivity contribution >= 4 is 34.2 Å². The molecule has 0 atom stereocenters. The van der Waals surface area contributed by atoms with Gasteiger partial charge in [-0.3, -0.25) is 0 Å². The van der Waals surface area contributed by atoms with Gasteiger partial charge in [0.25, 0.3) is 0 Å². The fraction of sp³-hybridized carbons (Fsp3) is 0.417. The van der Waals surface area contributed by atoms with Crippen LogP contribution in [0.1, 0.15) is 60.1 Å². The van der Waals surface area contributed by atoms with Crippen LogP contribution in [0.15, 0.2) is 36.4 Å². The molecule has 2 aromatic carbocycles. The van der Waals surface area contributed by atoms with Crippen molar-refractivity contribution in [1.82, 2.24) is 5.32 Å². The zero-order valence-electron chi connectivity index (χ0n) is 17.0. The quantitative estimate of drug-likeness (QED) is 0.303. The van der Waals surface area contributed by atoms with Crippen LogP contribution in [0, 0.1) is 13.8 Å². The number of nitrogens with one attached hydrogen (secondary N) is 1. The van der Waals surface area contributed by atoms with Gasteiger partial charge in [0.1, 0.15) is 0 Å². The molecule has 1 nitrogen and oxygen atoms in total. The monoisotopic (exact) mass is 397 g/mol. The second-order valence-electron chi connectivity index (χ2n) is 7.12. The minimum atomic E-state index is 0.892. The van der Waals surface area contributed by atoms with Gasteiger partial charge >= 0.3 is 0 Å². The van der Waals surface area contributed by atoms with Crippen LogP contribution in [-0.4, -0.2) is 22.8 Å². The molecular formula is C24H31NS2. The summed E-state index contributed by atoms with van der Waals surface area (Å²) in [7, 11) is 0. The number of thiocarbonyl (C=S) groups is 2. The molecule has 0 heterocycles. The fourth-order valence-corrected chi connectivity index (χ4v) is 3.97. The average Bonchev–Trinajstić information content (AvgIpc) is 2.66. The molecule has 2 rings (SSSR count). The molecule has 0 aromatic heterocycles. The SMILES string of the molecule is CCc1cc(C)ccc1C(=S)CCNCCC(=S)c1ccc(C)cc1CC. The maximum absolute atomic E-state index is 5.67. The number of benzene rings is 2. The van der Waals surface area contributed by atoms with Gasteiger partial charge in [-0.1, -0.05) is 85.8 Å². The molecule has 1 N–H and O–H groups in total. The standard InChI is InChI=1S/C24H31NS2/c1-5-19-15-17(3)7-9-21(19)23(26)11-13-25-14-12-24(27)22-10-8-18(4)16-20(22)6-2/h7-10,15-16,25H,5-6,11-14H2,1-4H3. The van der Waals surface area contributed by atoms with Gasteiger partial charge < -0.3 is 5.32 Å². The van der Waals surface area contributed by atoms with Crippen LogP contribution in [0.4, 0.5) is 0 Å². The van der Waals surface area contributed by atoms with E-state index in [2.05, 4.69) is 69.4 Å². The molecule has 0 saturated carbocycles. The van der Waals surface area contributed by atoms with Crippen molar-refractivity contribution in [1.29, 1.82) is 0 Å². The maximum atomic E-state index is 5.67. The smallest absolute Gasteiger partial charge is 0.0239 e. The summed E-state index contributed by atoms with van der Waals surface area (Å²) in [5.41, 5.74) is 7.78. The van der Waals surface area contributed by atoms with Crippen molar-refractivity contribution in [2.45, 2.75) is 53.4 Å². The predicted octanol–water partition coefficient (Wildman–Crippen LogP) is 5.93. The summed E-state index contributed by atoms with van der Waals surface area (Å²) in [5.74, 6) is 0. The number of aryl methyl sites for hydroxylation is 4. The Kier molecular flexibility index (Phi) is 8.75. The molecule has 0 aliphatic rings. The molecule has 144 valence electrons. The van der Waals surface area contributed by atoms with E-state index in [4.69, 9.17) is 24.4 Å². The van der Waals surface area contributed by atoms with Gasteiger partial charge in [-0.05, 0) is 61.8 Å². The topological polar surface area (TPSA) is 12.0 Å². The third kappa shape index (κ3) is 6.31. The molecule has 27 heavy (non-hydrogen) atoms. The van der Waals surface area contributed by atoms with Crippen molar-refractivity contribution in [3.05, 3.63) is 69.8 Å². The summed E-state index contributed by atoms with van der Waals surface area (Å²) in [6.45, 7) is 10.4. The van der Waals surface area contributed by atoms with Crippen LogP contribution in [0.5, 0.6) is 0 Å². The summed E-state index contributed by atoms with van der Waals surface area (Å²) in [5, 5.41) is 3.51. The van der Waals surface area contributed by atoms with Crippen molar-refractivity contribution in [3.63, 3.8) is 0 Å². The van der Waals surface area contributed by atoms with Crippen molar-refractivity contribution in [2.24, 2.45) is 0 Å². The van der Waals surface area contributed by atoms with Crippen molar-refractivity contribution in [2.75, 3.05) is 13.1 Å². The molecule has 0 spiro atoms. The molecule has 0 radical (unpaired) electrons. The summed E-state index contributed by atoms with van der Waals surface area (Å²) >= 11 is 11.3. The minimum absolute atomic E-state index is 0.892. The van der Waals surface area contributed by atoms with Gasteiger partial charge in [-0.25, -0.2) is 0 Å². The third-order valence-corrected chi connectivity index (χ3v) is 5.79. The summed E-state index contributed by atoms with van der Waals surface area (Å²) < 4.78 is 0. The Morgan fingerprint density at radius 3 is 1.52 bits per heavy atom. The Morgan fingerprint density at radius 1 is 0.741 bits per heavy atom. The highest BCUT2D eigenvalue weighted by Gasteiger charge is 2.08. The van der Waals surface area contributed by atoms with E-state index in [1.165, 1.54) is 33.4 Å². The predicted molar refractivity (Wildman–Crippen MR) is 127 cm³/mol. The summed E-state index contributed by atoms with van der Waals surface area (Å²) in [4.78, 5) is 2.10. The van der Waals surface area contributed by atoms with E-state index in [1.54, 1.807) is 0 Å². The minimum Gasteiger partial charge on any atom is -0.316 e. The maximum Gasteiger partial charge on any atom is 0.0239 e. The number of rotatable bonds is 10. The number of hydrogen-bond donors (Lipinski definition) is 1. The molecule has 0 fully saturated rings. The second-order valence-corrected chi connectivity index (χ2v) is 8.11. The van der Waals surface area contributed by atoms with Crippen LogP contribution >= 0.6 is 24.4 Å². The molecule has 0 aliphatic carbocycles. The van der Waals surface area contributed by atoms with Gasteiger partial charge in [0.15, 0.2) is 0 Å². The van der Waals surface area contributed by atoms with E-state index < -0.39 is 0 Å². The lowest BCUT2D eigenvalue weighted by Gasteiger charge is -2.12. The van der Waals surface area contributed by atoms with E-state index in [0.29, 0.717) is 0 Å². The first-order valence-electron chi connectivity index (χ1n) is 9.92. The first-order valence-corrected chi connectivity index (χ1v) is 10.7. The van der Waals surface area contributed by atoms with E-state index in [-0.39, 0.29) is 0 Å². The highest BCUT2D eigenvalue weighted by atomic mass is 32.1. The van der Waals surface area contributed by atoms with E-state index in [1.807, 2.05) is 0 Å². The van der Waals surface area contributed by atoms with Crippen molar-refractivity contribution in [3.8, 4) is 0 Å². The molecular weight excluding hydrogens is 366 g/mol. The van der Waals surface area contributed by atoms with Crippen LogP contribution in [0.3, 0.4) is 0 Å². The van der Waals surface area contributed by atoms with Crippen LogP contribution in [-0.2, 0) is 12.8 Å². The highest BCUT2D eigenvalue weighted by Crippen LogP contribution is 2.16. The van der Waals surface area contributed by atoms with Crippen molar-refractivity contribution < 1.29 is 0 Å². The lowest BCUT2D eigenvalue weighted by molar-refractivity contribution is 0.719. The molecule has 3 heteroatoms. The van der Waals surface area contributed by atoms with Gasteiger partial charge in [-0.15, -0.1) is 0 Å². The molecule has 0 amide bonds. The van der Waals surface area contributed by atoms with Gasteiger partial charge in [-0.2, -0.15) is 0 Å². The van der Waals surface area contributed by atoms with Crippen LogP contribution in [0.25, 0.3) is 0 Å². The first kappa shape index (κ1) is 21.9. The van der Waals surface area contributed by atoms with E-state index in [9.17, 15) is 0 Å². The summed E-state index contributed by atoms with van der Waals surface area (Å²) in [6, 6.07) is 13.2. The van der Waals surface area contributed by atoms with E-state index >= 15 is 0 Å². The molecule has 0 aliphatic heterocycles. The lowest BCUT2D eigenvalue weighted by Crippen LogP contribution is -2.22. The average molecular weight is 398 g/mol. The van der Waals surface area contributed by atoms with Gasteiger partial charge in [0, 0.05) is 22.8 Å². The Bertz CT molecular complexity index is 741.